The van der Waals surface area contributed by atoms with E-state index in [1.54, 1.807) is 37.3 Å². The normalized spacial score (nSPS) is 11.0. The number of hydrogen-bond acceptors (Lipinski definition) is 3. The topological polar surface area (TPSA) is 64.2 Å². The molecule has 0 saturated carbocycles. The van der Waals surface area contributed by atoms with Crippen molar-refractivity contribution in [3.05, 3.63) is 63.4 Å². The van der Waals surface area contributed by atoms with Crippen molar-refractivity contribution >= 4 is 34.3 Å². The Morgan fingerprint density at radius 2 is 2.08 bits per heavy atom. The van der Waals surface area contributed by atoms with Crippen LogP contribution < -0.4 is 11.1 Å². The highest BCUT2D eigenvalue weighted by Gasteiger charge is 2.12. The van der Waals surface area contributed by atoms with E-state index in [0.29, 0.717) is 27.4 Å². The highest BCUT2D eigenvalue weighted by Crippen LogP contribution is 2.19. The molecule has 0 spiro atoms. The molecule has 7 heteroatoms. The lowest BCUT2D eigenvalue weighted by Crippen LogP contribution is -2.19. The first-order valence-electron chi connectivity index (χ1n) is 7.29. The number of anilines is 1. The fourth-order valence-electron chi connectivity index (χ4n) is 2.35. The first-order chi connectivity index (χ1) is 11.4. The van der Waals surface area contributed by atoms with Crippen LogP contribution in [0, 0.1) is 12.7 Å². The Bertz CT molecular complexity index is 978. The van der Waals surface area contributed by atoms with Gasteiger partial charge in [0.05, 0.1) is 5.52 Å². The number of carbonyl (C=O) groups excluding carboxylic acids is 1. The third-order valence-electron chi connectivity index (χ3n) is 3.65. The van der Waals surface area contributed by atoms with Crippen LogP contribution in [0.2, 0.25) is 5.02 Å². The van der Waals surface area contributed by atoms with Gasteiger partial charge in [-0.3, -0.25) is 9.36 Å². The smallest absolute Gasteiger partial charge is 0.408 e. The minimum atomic E-state index is -0.554. The van der Waals surface area contributed by atoms with E-state index >= 15 is 0 Å². The Morgan fingerprint density at radius 3 is 2.83 bits per heavy atom. The monoisotopic (exact) mass is 348 g/mol. The van der Waals surface area contributed by atoms with Crippen molar-refractivity contribution in [3.63, 3.8) is 0 Å². The van der Waals surface area contributed by atoms with Gasteiger partial charge in [-0.2, -0.15) is 0 Å². The van der Waals surface area contributed by atoms with Gasteiger partial charge in [-0.1, -0.05) is 17.7 Å². The van der Waals surface area contributed by atoms with Gasteiger partial charge in [-0.25, -0.2) is 9.18 Å². The van der Waals surface area contributed by atoms with Crippen LogP contribution >= 0.6 is 11.6 Å². The van der Waals surface area contributed by atoms with Gasteiger partial charge in [0.2, 0.25) is 5.91 Å². The summed E-state index contributed by atoms with van der Waals surface area (Å²) in [6.45, 7) is 1.77. The van der Waals surface area contributed by atoms with Crippen molar-refractivity contribution in [2.24, 2.45) is 0 Å². The molecule has 0 fully saturated rings. The maximum atomic E-state index is 13.5. The molecule has 0 unspecified atom stereocenters. The predicted octanol–water partition coefficient (Wildman–Crippen LogP) is 3.72. The van der Waals surface area contributed by atoms with Crippen molar-refractivity contribution in [2.75, 3.05) is 5.32 Å². The summed E-state index contributed by atoms with van der Waals surface area (Å²) in [4.78, 5) is 23.9. The van der Waals surface area contributed by atoms with Crippen LogP contribution in [-0.4, -0.2) is 10.5 Å². The first-order valence-corrected chi connectivity index (χ1v) is 7.67. The van der Waals surface area contributed by atoms with Gasteiger partial charge in [0.15, 0.2) is 5.58 Å². The van der Waals surface area contributed by atoms with Crippen LogP contribution in [-0.2, 0) is 11.3 Å². The van der Waals surface area contributed by atoms with Crippen LogP contribution in [0.1, 0.15) is 12.0 Å². The van der Waals surface area contributed by atoms with Crippen LogP contribution in [0.3, 0.4) is 0 Å². The summed E-state index contributed by atoms with van der Waals surface area (Å²) in [5, 5.41) is 3.07. The van der Waals surface area contributed by atoms with Crippen molar-refractivity contribution in [3.8, 4) is 0 Å². The largest absolute Gasteiger partial charge is 0.419 e. The Labute approximate surface area is 141 Å². The van der Waals surface area contributed by atoms with E-state index < -0.39 is 5.76 Å². The molecule has 1 amide bonds. The molecule has 0 radical (unpaired) electrons. The molecule has 0 bridgehead atoms. The Hall–Kier alpha value is -2.60. The lowest BCUT2D eigenvalue weighted by molar-refractivity contribution is -0.116. The molecule has 0 saturated heterocycles. The van der Waals surface area contributed by atoms with E-state index in [-0.39, 0.29) is 24.7 Å². The highest BCUT2D eigenvalue weighted by molar-refractivity contribution is 6.31. The predicted molar refractivity (Wildman–Crippen MR) is 89.9 cm³/mol. The zero-order valence-corrected chi connectivity index (χ0v) is 13.6. The van der Waals surface area contributed by atoms with E-state index in [9.17, 15) is 14.0 Å². The van der Waals surface area contributed by atoms with Crippen LogP contribution in [0.5, 0.6) is 0 Å². The molecule has 0 aliphatic carbocycles. The third-order valence-corrected chi connectivity index (χ3v) is 3.88. The molecule has 1 aromatic heterocycles. The summed E-state index contributed by atoms with van der Waals surface area (Å²) < 4.78 is 19.9. The molecule has 0 aliphatic rings. The number of rotatable bonds is 4. The van der Waals surface area contributed by atoms with E-state index in [4.69, 9.17) is 16.0 Å². The Morgan fingerprint density at radius 1 is 1.29 bits per heavy atom. The average Bonchev–Trinajstić information content (AvgIpc) is 2.84. The van der Waals surface area contributed by atoms with Gasteiger partial charge in [-0.05, 0) is 42.8 Å². The van der Waals surface area contributed by atoms with Crippen LogP contribution in [0.15, 0.2) is 45.6 Å². The van der Waals surface area contributed by atoms with Crippen molar-refractivity contribution in [1.82, 2.24) is 4.57 Å². The molecule has 5 nitrogen and oxygen atoms in total. The zero-order chi connectivity index (χ0) is 17.3. The van der Waals surface area contributed by atoms with Gasteiger partial charge in [-0.15, -0.1) is 0 Å². The average molecular weight is 349 g/mol. The molecular weight excluding hydrogens is 335 g/mol. The van der Waals surface area contributed by atoms with Gasteiger partial charge in [0.25, 0.3) is 0 Å². The number of aryl methyl sites for hydroxylation is 2. The number of carbonyl (C=O) groups is 1. The quantitative estimate of drug-likeness (QED) is 0.781. The maximum absolute atomic E-state index is 13.5. The second kappa shape index (κ2) is 6.49. The minimum Gasteiger partial charge on any atom is -0.408 e. The molecule has 2 aromatic carbocycles. The molecule has 1 heterocycles. The van der Waals surface area contributed by atoms with Crippen molar-refractivity contribution in [2.45, 2.75) is 19.9 Å². The fraction of sp³-hybridized carbons (Fsp3) is 0.176. The van der Waals surface area contributed by atoms with Crippen molar-refractivity contribution < 1.29 is 13.6 Å². The van der Waals surface area contributed by atoms with E-state index in [1.165, 1.54) is 10.6 Å². The molecular formula is C17H14ClFN2O3. The number of nitrogens with zero attached hydrogens (tertiary/aromatic N) is 1. The van der Waals surface area contributed by atoms with E-state index in [1.807, 2.05) is 0 Å². The summed E-state index contributed by atoms with van der Waals surface area (Å²) in [5.41, 5.74) is 1.81. The van der Waals surface area contributed by atoms with Gasteiger partial charge in [0.1, 0.15) is 5.82 Å². The second-order valence-corrected chi connectivity index (χ2v) is 5.83. The molecule has 124 valence electrons. The molecule has 1 N–H and O–H groups in total. The van der Waals surface area contributed by atoms with E-state index in [0.717, 1.165) is 0 Å². The SMILES string of the molecule is Cc1ccc(NC(=O)CCn2c(=O)oc3ccc(Cl)cc32)cc1F. The summed E-state index contributed by atoms with van der Waals surface area (Å²) in [6.07, 6.45) is 0.0382. The number of aromatic nitrogens is 1. The third kappa shape index (κ3) is 3.33. The molecule has 24 heavy (non-hydrogen) atoms. The maximum Gasteiger partial charge on any atom is 0.419 e. The van der Waals surface area contributed by atoms with Gasteiger partial charge >= 0.3 is 5.76 Å². The number of amides is 1. The second-order valence-electron chi connectivity index (χ2n) is 5.39. The van der Waals surface area contributed by atoms with Crippen LogP contribution in [0.4, 0.5) is 10.1 Å². The summed E-state index contributed by atoms with van der Waals surface area (Å²) in [7, 11) is 0. The highest BCUT2D eigenvalue weighted by atomic mass is 35.5. The summed E-state index contributed by atoms with van der Waals surface area (Å²) >= 11 is 5.93. The summed E-state index contributed by atoms with van der Waals surface area (Å²) in [6, 6.07) is 9.29. The molecule has 0 atom stereocenters. The lowest BCUT2D eigenvalue weighted by atomic mass is 10.2. The number of nitrogens with one attached hydrogen (secondary N) is 1. The zero-order valence-electron chi connectivity index (χ0n) is 12.8. The molecule has 3 rings (SSSR count). The number of benzene rings is 2. The standard InChI is InChI=1S/C17H14ClFN2O3/c1-10-2-4-12(9-13(10)19)20-16(22)6-7-21-14-8-11(18)3-5-15(14)24-17(21)23/h2-5,8-9H,6-7H2,1H3,(H,20,22). The number of fused-ring (bicyclic) bond motifs is 1. The summed E-state index contributed by atoms with van der Waals surface area (Å²) in [5.74, 6) is -1.28. The molecule has 3 aromatic rings. The van der Waals surface area contributed by atoms with Crippen molar-refractivity contribution in [1.29, 1.82) is 0 Å². The number of oxazole rings is 1. The molecule has 0 aliphatic heterocycles. The Balaban J connectivity index is 1.72. The minimum absolute atomic E-state index is 0.0382. The van der Waals surface area contributed by atoms with Gasteiger partial charge < -0.3 is 9.73 Å². The Kier molecular flexibility index (Phi) is 4.40. The van der Waals surface area contributed by atoms with Gasteiger partial charge in [0, 0.05) is 23.7 Å². The lowest BCUT2D eigenvalue weighted by Gasteiger charge is -2.07. The fourth-order valence-corrected chi connectivity index (χ4v) is 2.52. The number of hydrogen-bond donors (Lipinski definition) is 1. The number of halogens is 2. The van der Waals surface area contributed by atoms with Crippen LogP contribution in [0.25, 0.3) is 11.1 Å². The first kappa shape index (κ1) is 16.3. The van der Waals surface area contributed by atoms with E-state index in [2.05, 4.69) is 5.32 Å².